The van der Waals surface area contributed by atoms with Gasteiger partial charge < -0.3 is 9.84 Å². The Morgan fingerprint density at radius 3 is 2.41 bits per heavy atom. The minimum Gasteiger partial charge on any atom is -0.480 e. The van der Waals surface area contributed by atoms with E-state index in [0.29, 0.717) is 0 Å². The van der Waals surface area contributed by atoms with Crippen LogP contribution in [0.25, 0.3) is 0 Å². The van der Waals surface area contributed by atoms with E-state index in [1.807, 2.05) is 0 Å². The van der Waals surface area contributed by atoms with E-state index in [0.717, 1.165) is 4.90 Å². The Balaban J connectivity index is 2.81. The van der Waals surface area contributed by atoms with Crippen molar-refractivity contribution in [1.82, 2.24) is 4.90 Å². The van der Waals surface area contributed by atoms with Gasteiger partial charge in [0.2, 0.25) is 0 Å². The second-order valence-electron chi connectivity index (χ2n) is 5.58. The van der Waals surface area contributed by atoms with Gasteiger partial charge in [-0.25, -0.2) is 14.0 Å². The largest absolute Gasteiger partial charge is 0.480 e. The molecule has 0 spiro atoms. The molecule has 1 aliphatic heterocycles. The molecule has 1 fully saturated rings. The van der Waals surface area contributed by atoms with Crippen molar-refractivity contribution in [2.75, 3.05) is 6.54 Å². The van der Waals surface area contributed by atoms with Gasteiger partial charge in [-0.3, -0.25) is 4.90 Å². The number of rotatable bonds is 1. The number of hydrogen-bond donors (Lipinski definition) is 1. The first kappa shape index (κ1) is 13.7. The molecule has 2 atom stereocenters. The first-order valence-corrected chi connectivity index (χ1v) is 5.43. The second kappa shape index (κ2) is 4.16. The molecule has 1 unspecified atom stereocenters. The Labute approximate surface area is 99.5 Å². The molecule has 98 valence electrons. The molecule has 1 saturated heterocycles. The van der Waals surface area contributed by atoms with Crippen LogP contribution < -0.4 is 0 Å². The number of aliphatic carboxylic acids is 1. The number of nitrogens with zero attached hydrogens (tertiary/aromatic N) is 1. The smallest absolute Gasteiger partial charge is 0.411 e. The fourth-order valence-electron chi connectivity index (χ4n) is 1.78. The molecule has 1 N–H and O–H groups in total. The summed E-state index contributed by atoms with van der Waals surface area (Å²) >= 11 is 0. The van der Waals surface area contributed by atoms with Crippen LogP contribution in [0.1, 0.15) is 34.1 Å². The normalized spacial score (nSPS) is 29.2. The highest BCUT2D eigenvalue weighted by Gasteiger charge is 2.48. The molecule has 1 heterocycles. The predicted octanol–water partition coefficient (Wildman–Crippen LogP) is 1.81. The number of ether oxygens (including phenoxy) is 1. The summed E-state index contributed by atoms with van der Waals surface area (Å²) in [6.45, 7) is 6.05. The summed E-state index contributed by atoms with van der Waals surface area (Å²) in [5.74, 6) is -1.21. The lowest BCUT2D eigenvalue weighted by atomic mass is 10.1. The van der Waals surface area contributed by atoms with Gasteiger partial charge in [0.15, 0.2) is 0 Å². The summed E-state index contributed by atoms with van der Waals surface area (Å²) in [5.41, 5.74) is -2.41. The molecule has 1 rings (SSSR count). The monoisotopic (exact) mass is 247 g/mol. The van der Waals surface area contributed by atoms with Gasteiger partial charge in [0, 0.05) is 6.42 Å². The fourth-order valence-corrected chi connectivity index (χ4v) is 1.78. The van der Waals surface area contributed by atoms with E-state index in [1.54, 1.807) is 20.8 Å². The van der Waals surface area contributed by atoms with Gasteiger partial charge in [0.25, 0.3) is 0 Å². The number of carboxylic acids is 1. The van der Waals surface area contributed by atoms with Crippen molar-refractivity contribution >= 4 is 12.1 Å². The third-order valence-corrected chi connectivity index (χ3v) is 2.41. The average Bonchev–Trinajstić information content (AvgIpc) is 2.38. The Hall–Kier alpha value is -1.33. The maximum Gasteiger partial charge on any atom is 0.411 e. The molecule has 1 aliphatic rings. The van der Waals surface area contributed by atoms with Crippen LogP contribution in [0, 0.1) is 0 Å². The van der Waals surface area contributed by atoms with E-state index in [1.165, 1.54) is 6.92 Å². The first-order chi connectivity index (χ1) is 7.52. The number of carbonyl (C=O) groups excluding carboxylic acids is 1. The summed E-state index contributed by atoms with van der Waals surface area (Å²) < 4.78 is 18.8. The van der Waals surface area contributed by atoms with Crippen LogP contribution in [-0.2, 0) is 9.53 Å². The van der Waals surface area contributed by atoms with Gasteiger partial charge in [0.1, 0.15) is 17.3 Å². The van der Waals surface area contributed by atoms with Crippen LogP contribution in [0.3, 0.4) is 0 Å². The van der Waals surface area contributed by atoms with Gasteiger partial charge in [-0.1, -0.05) is 0 Å². The van der Waals surface area contributed by atoms with Crippen molar-refractivity contribution < 1.29 is 23.8 Å². The minimum absolute atomic E-state index is 0.207. The van der Waals surface area contributed by atoms with E-state index < -0.39 is 29.4 Å². The SMILES string of the molecule is CC1(F)C[C@H](C(=O)O)N(C(=O)OC(C)(C)C)C1. The molecule has 0 aromatic rings. The van der Waals surface area contributed by atoms with Crippen molar-refractivity contribution in [3.63, 3.8) is 0 Å². The van der Waals surface area contributed by atoms with Crippen molar-refractivity contribution in [2.24, 2.45) is 0 Å². The first-order valence-electron chi connectivity index (χ1n) is 5.43. The zero-order valence-electron chi connectivity index (χ0n) is 10.5. The van der Waals surface area contributed by atoms with E-state index in [-0.39, 0.29) is 13.0 Å². The van der Waals surface area contributed by atoms with Crippen LogP contribution >= 0.6 is 0 Å². The molecule has 6 heteroatoms. The molecular formula is C11H18FNO4. The van der Waals surface area contributed by atoms with Gasteiger partial charge in [-0.15, -0.1) is 0 Å². The maximum absolute atomic E-state index is 13.8. The molecule has 0 saturated carbocycles. The Morgan fingerprint density at radius 1 is 1.47 bits per heavy atom. The summed E-state index contributed by atoms with van der Waals surface area (Å²) in [6.07, 6.45) is -0.993. The number of carboxylic acid groups (broad SMARTS) is 1. The highest BCUT2D eigenvalue weighted by Crippen LogP contribution is 2.31. The van der Waals surface area contributed by atoms with Crippen LogP contribution in [0.15, 0.2) is 0 Å². The highest BCUT2D eigenvalue weighted by molar-refractivity contribution is 5.81. The van der Waals surface area contributed by atoms with E-state index in [4.69, 9.17) is 9.84 Å². The standard InChI is InChI=1S/C11H18FNO4/c1-10(2,3)17-9(16)13-6-11(4,12)5-7(13)8(14)15/h7H,5-6H2,1-4H3,(H,14,15)/t7-,11?/m1/s1. The minimum atomic E-state index is -1.68. The molecule has 0 radical (unpaired) electrons. The summed E-state index contributed by atoms with van der Waals surface area (Å²) in [4.78, 5) is 23.6. The lowest BCUT2D eigenvalue weighted by Crippen LogP contribution is -2.43. The number of hydrogen-bond acceptors (Lipinski definition) is 3. The van der Waals surface area contributed by atoms with Gasteiger partial charge in [-0.2, -0.15) is 0 Å². The molecule has 0 aliphatic carbocycles. The molecule has 5 nitrogen and oxygen atoms in total. The summed E-state index contributed by atoms with van der Waals surface area (Å²) in [5, 5.41) is 8.95. The fraction of sp³-hybridized carbons (Fsp3) is 0.818. The Kier molecular flexibility index (Phi) is 3.36. The zero-order chi connectivity index (χ0) is 13.4. The lowest BCUT2D eigenvalue weighted by molar-refractivity contribution is -0.142. The van der Waals surface area contributed by atoms with Crippen molar-refractivity contribution in [3.8, 4) is 0 Å². The maximum atomic E-state index is 13.8. The van der Waals surface area contributed by atoms with Crippen molar-refractivity contribution in [1.29, 1.82) is 0 Å². The number of alkyl halides is 1. The molecule has 17 heavy (non-hydrogen) atoms. The highest BCUT2D eigenvalue weighted by atomic mass is 19.1. The number of carbonyl (C=O) groups is 2. The summed E-state index contributed by atoms with van der Waals surface area (Å²) in [7, 11) is 0. The topological polar surface area (TPSA) is 66.8 Å². The zero-order valence-corrected chi connectivity index (χ0v) is 10.5. The van der Waals surface area contributed by atoms with Crippen LogP contribution in [0.2, 0.25) is 0 Å². The van der Waals surface area contributed by atoms with Gasteiger partial charge in [0.05, 0.1) is 6.54 Å². The van der Waals surface area contributed by atoms with E-state index in [9.17, 15) is 14.0 Å². The van der Waals surface area contributed by atoms with E-state index >= 15 is 0 Å². The number of likely N-dealkylation sites (tertiary alicyclic amines) is 1. The summed E-state index contributed by atoms with van der Waals surface area (Å²) in [6, 6.07) is -1.15. The lowest BCUT2D eigenvalue weighted by Gasteiger charge is -2.26. The third kappa shape index (κ3) is 3.57. The van der Waals surface area contributed by atoms with Crippen LogP contribution in [0.5, 0.6) is 0 Å². The average molecular weight is 247 g/mol. The molecule has 1 amide bonds. The second-order valence-corrected chi connectivity index (χ2v) is 5.58. The predicted molar refractivity (Wildman–Crippen MR) is 58.5 cm³/mol. The van der Waals surface area contributed by atoms with Crippen LogP contribution in [0.4, 0.5) is 9.18 Å². The third-order valence-electron chi connectivity index (χ3n) is 2.41. The van der Waals surface area contributed by atoms with Crippen LogP contribution in [-0.4, -0.2) is 45.9 Å². The number of amides is 1. The molecule has 0 aromatic heterocycles. The van der Waals surface area contributed by atoms with Gasteiger partial charge in [-0.05, 0) is 27.7 Å². The van der Waals surface area contributed by atoms with Crippen molar-refractivity contribution in [3.05, 3.63) is 0 Å². The number of halogens is 1. The van der Waals surface area contributed by atoms with E-state index in [2.05, 4.69) is 0 Å². The molecule has 0 aromatic carbocycles. The van der Waals surface area contributed by atoms with Gasteiger partial charge >= 0.3 is 12.1 Å². The van der Waals surface area contributed by atoms with Crippen molar-refractivity contribution in [2.45, 2.75) is 51.4 Å². The molecular weight excluding hydrogens is 229 g/mol. The Bertz CT molecular complexity index is 335. The quantitative estimate of drug-likeness (QED) is 0.767. The Morgan fingerprint density at radius 2 is 2.00 bits per heavy atom. The molecule has 0 bridgehead atoms.